The third-order valence-electron chi connectivity index (χ3n) is 1.36. The zero-order valence-corrected chi connectivity index (χ0v) is 9.05. The van der Waals surface area contributed by atoms with Crippen LogP contribution in [0.25, 0.3) is 0 Å². The van der Waals surface area contributed by atoms with Crippen molar-refractivity contribution in [2.45, 2.75) is 6.42 Å². The van der Waals surface area contributed by atoms with Gasteiger partial charge in [-0.3, -0.25) is 9.00 Å². The van der Waals surface area contributed by atoms with E-state index in [1.54, 1.807) is 0 Å². The van der Waals surface area contributed by atoms with E-state index in [1.165, 1.54) is 7.11 Å². The number of ether oxygens (including phenoxy) is 2. The van der Waals surface area contributed by atoms with Crippen molar-refractivity contribution in [3.05, 3.63) is 0 Å². The molecule has 0 saturated heterocycles. The van der Waals surface area contributed by atoms with Gasteiger partial charge in [0.25, 0.3) is 0 Å². The fraction of sp³-hybridized carbons (Fsp3) is 0.875. The molecule has 0 spiro atoms. The van der Waals surface area contributed by atoms with Gasteiger partial charge in [0, 0.05) is 30.3 Å². The Morgan fingerprint density at radius 2 is 2.14 bits per heavy atom. The molecule has 1 unspecified atom stereocenters. The second-order valence-electron chi connectivity index (χ2n) is 2.58. The van der Waals surface area contributed by atoms with Gasteiger partial charge in [0.15, 0.2) is 0 Å². The highest BCUT2D eigenvalue weighted by Gasteiger charge is 2.08. The predicted octanol–water partition coefficient (Wildman–Crippen LogP) is -0.693. The van der Waals surface area contributed by atoms with E-state index in [1.807, 2.05) is 0 Å². The zero-order chi connectivity index (χ0) is 10.8. The number of aliphatic hydroxyl groups excluding tert-OH is 1. The van der Waals surface area contributed by atoms with E-state index in [0.717, 1.165) is 0 Å². The Balaban J connectivity index is 3.45. The summed E-state index contributed by atoms with van der Waals surface area (Å²) in [6, 6.07) is 0. The molecule has 84 valence electrons. The van der Waals surface area contributed by atoms with Crippen LogP contribution in [0.1, 0.15) is 6.42 Å². The van der Waals surface area contributed by atoms with Crippen molar-refractivity contribution in [3.63, 3.8) is 0 Å². The van der Waals surface area contributed by atoms with Crippen LogP contribution in [0.15, 0.2) is 0 Å². The van der Waals surface area contributed by atoms with Crippen LogP contribution in [0.4, 0.5) is 0 Å². The monoisotopic (exact) mass is 224 g/mol. The number of esters is 1. The van der Waals surface area contributed by atoms with Gasteiger partial charge in [-0.25, -0.2) is 0 Å². The molecule has 0 rings (SSSR count). The normalized spacial score (nSPS) is 12.4. The SMILES string of the molecule is COCCOC(=O)CS(=O)CCCO. The fourth-order valence-electron chi connectivity index (χ4n) is 0.710. The molecule has 0 saturated carbocycles. The maximum Gasteiger partial charge on any atom is 0.318 e. The number of hydrogen-bond acceptors (Lipinski definition) is 5. The topological polar surface area (TPSA) is 72.8 Å². The number of rotatable bonds is 8. The lowest BCUT2D eigenvalue weighted by Gasteiger charge is -2.03. The molecule has 0 heterocycles. The molecule has 0 fully saturated rings. The van der Waals surface area contributed by atoms with E-state index in [4.69, 9.17) is 9.84 Å². The highest BCUT2D eigenvalue weighted by molar-refractivity contribution is 7.85. The summed E-state index contributed by atoms with van der Waals surface area (Å²) in [5, 5.41) is 8.46. The van der Waals surface area contributed by atoms with Gasteiger partial charge in [-0.05, 0) is 6.42 Å². The van der Waals surface area contributed by atoms with Crippen molar-refractivity contribution in [2.75, 3.05) is 38.4 Å². The van der Waals surface area contributed by atoms with Crippen LogP contribution in [0, 0.1) is 0 Å². The van der Waals surface area contributed by atoms with Crippen molar-refractivity contribution in [3.8, 4) is 0 Å². The summed E-state index contributed by atoms with van der Waals surface area (Å²) in [4.78, 5) is 11.0. The Morgan fingerprint density at radius 3 is 2.71 bits per heavy atom. The Hall–Kier alpha value is -0.460. The number of aliphatic hydroxyl groups is 1. The van der Waals surface area contributed by atoms with Crippen LogP contribution in [0.3, 0.4) is 0 Å². The van der Waals surface area contributed by atoms with Crippen LogP contribution >= 0.6 is 0 Å². The van der Waals surface area contributed by atoms with Gasteiger partial charge in [-0.1, -0.05) is 0 Å². The van der Waals surface area contributed by atoms with E-state index >= 15 is 0 Å². The van der Waals surface area contributed by atoms with E-state index < -0.39 is 16.8 Å². The third-order valence-corrected chi connectivity index (χ3v) is 2.66. The average Bonchev–Trinajstić information content (AvgIpc) is 2.15. The molecule has 6 heteroatoms. The second kappa shape index (κ2) is 9.11. The number of carbonyl (C=O) groups is 1. The number of methoxy groups -OCH3 is 1. The summed E-state index contributed by atoms with van der Waals surface area (Å²) >= 11 is 0. The Bertz CT molecular complexity index is 183. The highest BCUT2D eigenvalue weighted by Crippen LogP contribution is 1.90. The minimum atomic E-state index is -1.23. The smallest absolute Gasteiger partial charge is 0.318 e. The van der Waals surface area contributed by atoms with Crippen LogP contribution < -0.4 is 0 Å². The molecule has 0 aliphatic carbocycles. The molecule has 14 heavy (non-hydrogen) atoms. The maximum absolute atomic E-state index is 11.1. The molecule has 0 aromatic carbocycles. The molecular formula is C8H16O5S. The minimum Gasteiger partial charge on any atom is -0.463 e. The first-order chi connectivity index (χ1) is 6.70. The molecule has 0 aromatic rings. The van der Waals surface area contributed by atoms with Crippen molar-refractivity contribution in [1.29, 1.82) is 0 Å². The van der Waals surface area contributed by atoms with E-state index in [2.05, 4.69) is 4.74 Å². The Labute approximate surface area is 85.9 Å². The first kappa shape index (κ1) is 13.5. The molecule has 0 bridgehead atoms. The number of carbonyl (C=O) groups excluding carboxylic acids is 1. The van der Waals surface area contributed by atoms with Gasteiger partial charge in [0.2, 0.25) is 0 Å². The molecule has 0 radical (unpaired) electrons. The standard InChI is InChI=1S/C8H16O5S/c1-12-4-5-13-8(10)7-14(11)6-2-3-9/h9H,2-7H2,1H3. The number of hydrogen-bond donors (Lipinski definition) is 1. The Kier molecular flexibility index (Phi) is 8.81. The zero-order valence-electron chi connectivity index (χ0n) is 8.23. The highest BCUT2D eigenvalue weighted by atomic mass is 32.2. The summed E-state index contributed by atoms with van der Waals surface area (Å²) in [5.74, 6) is -0.266. The second-order valence-corrected chi connectivity index (χ2v) is 4.16. The first-order valence-electron chi connectivity index (χ1n) is 4.31. The van der Waals surface area contributed by atoms with Gasteiger partial charge < -0.3 is 14.6 Å². The predicted molar refractivity (Wildman–Crippen MR) is 52.4 cm³/mol. The van der Waals surface area contributed by atoms with Crippen LogP contribution in [0.2, 0.25) is 0 Å². The molecule has 5 nitrogen and oxygen atoms in total. The van der Waals surface area contributed by atoms with Gasteiger partial charge in [-0.15, -0.1) is 0 Å². The van der Waals surface area contributed by atoms with Crippen LogP contribution in [-0.2, 0) is 25.1 Å². The summed E-state index contributed by atoms with van der Waals surface area (Å²) in [6.07, 6.45) is 0.442. The van der Waals surface area contributed by atoms with Crippen molar-refractivity contribution in [2.24, 2.45) is 0 Å². The van der Waals surface area contributed by atoms with E-state index in [-0.39, 0.29) is 19.0 Å². The summed E-state index contributed by atoms with van der Waals surface area (Å²) < 4.78 is 20.5. The van der Waals surface area contributed by atoms with Crippen molar-refractivity contribution < 1.29 is 23.6 Å². The average molecular weight is 224 g/mol. The van der Waals surface area contributed by atoms with E-state index in [0.29, 0.717) is 18.8 Å². The molecule has 1 N–H and O–H groups in total. The molecule has 0 aromatic heterocycles. The van der Waals surface area contributed by atoms with Crippen LogP contribution in [-0.4, -0.2) is 53.7 Å². The molecule has 0 amide bonds. The molecular weight excluding hydrogens is 208 g/mol. The summed E-state index contributed by atoms with van der Waals surface area (Å²) in [6.45, 7) is 0.520. The van der Waals surface area contributed by atoms with Crippen molar-refractivity contribution in [1.82, 2.24) is 0 Å². The van der Waals surface area contributed by atoms with E-state index in [9.17, 15) is 9.00 Å². The molecule has 1 atom stereocenters. The Morgan fingerprint density at radius 1 is 1.43 bits per heavy atom. The first-order valence-corrected chi connectivity index (χ1v) is 5.80. The van der Waals surface area contributed by atoms with Gasteiger partial charge >= 0.3 is 5.97 Å². The lowest BCUT2D eigenvalue weighted by Crippen LogP contribution is -2.18. The molecule has 0 aliphatic rings. The van der Waals surface area contributed by atoms with Gasteiger partial charge in [-0.2, -0.15) is 0 Å². The van der Waals surface area contributed by atoms with Crippen molar-refractivity contribution >= 4 is 16.8 Å². The molecule has 0 aliphatic heterocycles. The summed E-state index contributed by atoms with van der Waals surface area (Å²) in [5.41, 5.74) is 0. The van der Waals surface area contributed by atoms with Crippen LogP contribution in [0.5, 0.6) is 0 Å². The van der Waals surface area contributed by atoms with Gasteiger partial charge in [0.05, 0.1) is 6.61 Å². The largest absolute Gasteiger partial charge is 0.463 e. The third kappa shape index (κ3) is 8.15. The lowest BCUT2D eigenvalue weighted by molar-refractivity contribution is -0.141. The van der Waals surface area contributed by atoms with Gasteiger partial charge in [0.1, 0.15) is 12.4 Å². The quantitative estimate of drug-likeness (QED) is 0.436. The minimum absolute atomic E-state index is 0.00946. The maximum atomic E-state index is 11.1. The summed E-state index contributed by atoms with van der Waals surface area (Å²) in [7, 11) is 0.276. The lowest BCUT2D eigenvalue weighted by atomic mass is 10.5. The fourth-order valence-corrected chi connectivity index (χ4v) is 1.65.